The highest BCUT2D eigenvalue weighted by molar-refractivity contribution is 5.74. The number of aryl methyl sites for hydroxylation is 1. The summed E-state index contributed by atoms with van der Waals surface area (Å²) in [6.07, 6.45) is 8.19. The predicted octanol–water partition coefficient (Wildman–Crippen LogP) is 3.15. The average molecular weight is 326 g/mol. The number of carbonyl (C=O) groups is 1. The summed E-state index contributed by atoms with van der Waals surface area (Å²) in [5, 5.41) is 3.19. The first-order chi connectivity index (χ1) is 11.6. The normalized spacial score (nSPS) is 15.6. The number of imidazole rings is 1. The van der Waals surface area contributed by atoms with Gasteiger partial charge in [0, 0.05) is 39.5 Å². The van der Waals surface area contributed by atoms with Crippen LogP contribution in [0, 0.1) is 5.92 Å². The molecule has 128 valence electrons. The first-order valence-corrected chi connectivity index (χ1v) is 8.66. The quantitative estimate of drug-likeness (QED) is 0.886. The summed E-state index contributed by atoms with van der Waals surface area (Å²) in [7, 11) is 3.87. The Hall–Kier alpha value is -2.30. The van der Waals surface area contributed by atoms with Crippen molar-refractivity contribution in [1.82, 2.24) is 19.8 Å². The van der Waals surface area contributed by atoms with E-state index in [1.165, 1.54) is 19.3 Å². The summed E-state index contributed by atoms with van der Waals surface area (Å²) in [6, 6.07) is 10.0. The fourth-order valence-electron chi connectivity index (χ4n) is 3.12. The molecule has 1 saturated carbocycles. The van der Waals surface area contributed by atoms with E-state index in [0.29, 0.717) is 12.3 Å². The lowest BCUT2D eigenvalue weighted by atomic mass is 9.85. The number of aromatic nitrogens is 2. The minimum atomic E-state index is -0.0800. The molecule has 0 saturated heterocycles. The molecule has 0 aliphatic heterocycles. The Kier molecular flexibility index (Phi) is 5.18. The van der Waals surface area contributed by atoms with Crippen molar-refractivity contribution in [2.24, 2.45) is 13.0 Å². The van der Waals surface area contributed by atoms with Crippen LogP contribution in [-0.2, 0) is 13.5 Å². The van der Waals surface area contributed by atoms with E-state index in [0.717, 1.165) is 17.9 Å². The Morgan fingerprint density at radius 2 is 2.12 bits per heavy atom. The van der Waals surface area contributed by atoms with E-state index >= 15 is 0 Å². The van der Waals surface area contributed by atoms with Gasteiger partial charge in [0.15, 0.2) is 0 Å². The van der Waals surface area contributed by atoms with Crippen LogP contribution >= 0.6 is 0 Å². The van der Waals surface area contributed by atoms with Crippen LogP contribution in [0.25, 0.3) is 0 Å². The minimum Gasteiger partial charge on any atom is -0.338 e. The Balaban J connectivity index is 1.69. The van der Waals surface area contributed by atoms with Crippen LogP contribution in [-0.4, -0.2) is 34.1 Å². The number of urea groups is 1. The molecule has 0 radical (unpaired) electrons. The zero-order valence-corrected chi connectivity index (χ0v) is 14.5. The largest absolute Gasteiger partial charge is 0.338 e. The predicted molar refractivity (Wildman–Crippen MR) is 94.6 cm³/mol. The summed E-state index contributed by atoms with van der Waals surface area (Å²) in [4.78, 5) is 18.8. The number of hydrogen-bond acceptors (Lipinski definition) is 2. The fraction of sp³-hybridized carbons (Fsp3) is 0.474. The highest BCUT2D eigenvalue weighted by Gasteiger charge is 2.23. The van der Waals surface area contributed by atoms with E-state index in [2.05, 4.69) is 22.4 Å². The molecule has 1 N–H and O–H groups in total. The third kappa shape index (κ3) is 3.96. The monoisotopic (exact) mass is 326 g/mol. The number of nitrogens with zero attached hydrogens (tertiary/aromatic N) is 3. The molecule has 2 aromatic rings. The molecule has 1 fully saturated rings. The number of hydrogen-bond donors (Lipinski definition) is 1. The maximum atomic E-state index is 12.6. The molecule has 1 heterocycles. The second-order valence-electron chi connectivity index (χ2n) is 6.75. The van der Waals surface area contributed by atoms with Crippen molar-refractivity contribution < 1.29 is 4.79 Å². The highest BCUT2D eigenvalue weighted by atomic mass is 16.2. The molecule has 0 bridgehead atoms. The van der Waals surface area contributed by atoms with Crippen molar-refractivity contribution in [1.29, 1.82) is 0 Å². The third-order valence-corrected chi connectivity index (χ3v) is 4.91. The van der Waals surface area contributed by atoms with Gasteiger partial charge in [-0.15, -0.1) is 0 Å². The van der Waals surface area contributed by atoms with Crippen LogP contribution in [0.15, 0.2) is 42.7 Å². The van der Waals surface area contributed by atoms with Crippen molar-refractivity contribution >= 4 is 6.03 Å². The maximum absolute atomic E-state index is 12.6. The van der Waals surface area contributed by atoms with Gasteiger partial charge < -0.3 is 14.8 Å². The molecule has 1 aromatic carbocycles. The molecular weight excluding hydrogens is 300 g/mol. The molecule has 1 aliphatic rings. The molecule has 1 aliphatic carbocycles. The third-order valence-electron chi connectivity index (χ3n) is 4.91. The van der Waals surface area contributed by atoms with Crippen LogP contribution in [0.5, 0.6) is 0 Å². The van der Waals surface area contributed by atoms with Gasteiger partial charge in [0.1, 0.15) is 5.82 Å². The number of carbonyl (C=O) groups excluding carboxylic acids is 1. The fourth-order valence-corrected chi connectivity index (χ4v) is 3.12. The molecule has 5 nitrogen and oxygen atoms in total. The van der Waals surface area contributed by atoms with Crippen molar-refractivity contribution in [3.8, 4) is 0 Å². The molecular formula is C19H26N4O. The lowest BCUT2D eigenvalue weighted by Crippen LogP contribution is -2.43. The lowest BCUT2D eigenvalue weighted by molar-refractivity contribution is 0.179. The molecule has 0 unspecified atom stereocenters. The van der Waals surface area contributed by atoms with Crippen LogP contribution in [0.4, 0.5) is 4.79 Å². The number of rotatable bonds is 6. The summed E-state index contributed by atoms with van der Waals surface area (Å²) in [5.74, 6) is 1.64. The topological polar surface area (TPSA) is 50.2 Å². The lowest BCUT2D eigenvalue weighted by Gasteiger charge is -2.31. The van der Waals surface area contributed by atoms with Gasteiger partial charge in [0.2, 0.25) is 0 Å². The molecule has 1 aromatic heterocycles. The van der Waals surface area contributed by atoms with Gasteiger partial charge in [-0.25, -0.2) is 9.78 Å². The van der Waals surface area contributed by atoms with Crippen molar-refractivity contribution in [2.75, 3.05) is 13.6 Å². The summed E-state index contributed by atoms with van der Waals surface area (Å²) >= 11 is 0. The van der Waals surface area contributed by atoms with Crippen LogP contribution in [0.2, 0.25) is 0 Å². The van der Waals surface area contributed by atoms with Gasteiger partial charge in [-0.1, -0.05) is 36.8 Å². The minimum absolute atomic E-state index is 0.00929. The molecule has 1 atom stereocenters. The summed E-state index contributed by atoms with van der Waals surface area (Å²) in [6.45, 7) is 0.843. The van der Waals surface area contributed by atoms with Crippen LogP contribution in [0.3, 0.4) is 0 Å². The van der Waals surface area contributed by atoms with Gasteiger partial charge in [-0.2, -0.15) is 0 Å². The van der Waals surface area contributed by atoms with Crippen LogP contribution in [0.1, 0.15) is 36.7 Å². The van der Waals surface area contributed by atoms with Gasteiger partial charge in [0.05, 0.1) is 6.04 Å². The van der Waals surface area contributed by atoms with E-state index in [4.69, 9.17) is 0 Å². The Bertz CT molecular complexity index is 663. The Morgan fingerprint density at radius 1 is 1.38 bits per heavy atom. The number of benzene rings is 1. The highest BCUT2D eigenvalue weighted by Crippen LogP contribution is 2.27. The average Bonchev–Trinajstić information content (AvgIpc) is 2.96. The SMILES string of the molecule is CN(CC1CCC1)C(=O)N[C@@H](Cc1nccn1C)c1ccccc1. The first kappa shape index (κ1) is 16.6. The van der Waals surface area contributed by atoms with E-state index in [1.54, 1.807) is 6.20 Å². The number of nitrogens with one attached hydrogen (secondary N) is 1. The summed E-state index contributed by atoms with van der Waals surface area (Å²) in [5.41, 5.74) is 1.10. The van der Waals surface area contributed by atoms with Crippen molar-refractivity contribution in [3.05, 3.63) is 54.1 Å². The van der Waals surface area contributed by atoms with Crippen molar-refractivity contribution in [2.45, 2.75) is 31.7 Å². The second kappa shape index (κ2) is 7.51. The molecule has 5 heteroatoms. The van der Waals surface area contributed by atoms with Gasteiger partial charge >= 0.3 is 6.03 Å². The van der Waals surface area contributed by atoms with E-state index in [9.17, 15) is 4.79 Å². The molecule has 2 amide bonds. The Labute approximate surface area is 143 Å². The first-order valence-electron chi connectivity index (χ1n) is 8.66. The van der Waals surface area contributed by atoms with Gasteiger partial charge in [-0.05, 0) is 24.3 Å². The zero-order chi connectivity index (χ0) is 16.9. The van der Waals surface area contributed by atoms with E-state index < -0.39 is 0 Å². The zero-order valence-electron chi connectivity index (χ0n) is 14.5. The standard InChI is InChI=1S/C19H26N4O/c1-22-12-11-20-18(22)13-17(16-9-4-3-5-10-16)21-19(24)23(2)14-15-7-6-8-15/h3-5,9-12,15,17H,6-8,13-14H2,1-2H3,(H,21,24)/t17-/m0/s1. The number of amides is 2. The Morgan fingerprint density at radius 3 is 2.71 bits per heavy atom. The second-order valence-corrected chi connectivity index (χ2v) is 6.75. The smallest absolute Gasteiger partial charge is 0.317 e. The van der Waals surface area contributed by atoms with Gasteiger partial charge in [-0.3, -0.25) is 0 Å². The van der Waals surface area contributed by atoms with Gasteiger partial charge in [0.25, 0.3) is 0 Å². The summed E-state index contributed by atoms with van der Waals surface area (Å²) < 4.78 is 2.00. The van der Waals surface area contributed by atoms with Crippen LogP contribution < -0.4 is 5.32 Å². The van der Waals surface area contributed by atoms with E-state index in [1.807, 2.05) is 48.0 Å². The molecule has 24 heavy (non-hydrogen) atoms. The van der Waals surface area contributed by atoms with E-state index in [-0.39, 0.29) is 12.1 Å². The van der Waals surface area contributed by atoms with Crippen molar-refractivity contribution in [3.63, 3.8) is 0 Å². The molecule has 0 spiro atoms. The maximum Gasteiger partial charge on any atom is 0.317 e. The molecule has 3 rings (SSSR count).